The highest BCUT2D eigenvalue weighted by molar-refractivity contribution is 7.98. The molecule has 0 saturated carbocycles. The van der Waals surface area contributed by atoms with Crippen molar-refractivity contribution in [2.24, 2.45) is 0 Å². The number of thioether (sulfide) groups is 1. The van der Waals surface area contributed by atoms with Crippen molar-refractivity contribution in [3.8, 4) is 22.9 Å². The van der Waals surface area contributed by atoms with Gasteiger partial charge in [0, 0.05) is 41.6 Å². The first-order chi connectivity index (χ1) is 21.4. The molecule has 232 valence electrons. The Balaban J connectivity index is 1.29. The number of ether oxygens (including phenoxy) is 3. The molecular weight excluding hydrogens is 587 g/mol. The highest BCUT2D eigenvalue weighted by Crippen LogP contribution is 2.43. The lowest BCUT2D eigenvalue weighted by Gasteiger charge is -2.26. The summed E-state index contributed by atoms with van der Waals surface area (Å²) in [6, 6.07) is 14.6. The molecule has 10 heteroatoms. The van der Waals surface area contributed by atoms with Crippen LogP contribution in [0.2, 0.25) is 0 Å². The predicted octanol–water partition coefficient (Wildman–Crippen LogP) is 7.54. The maximum absolute atomic E-state index is 15.2. The number of benzene rings is 3. The molecule has 6 nitrogen and oxygen atoms in total. The number of aromatic nitrogens is 2. The maximum Gasteiger partial charge on any atom is 0.173 e. The van der Waals surface area contributed by atoms with Crippen LogP contribution in [0.4, 0.5) is 13.2 Å². The van der Waals surface area contributed by atoms with Gasteiger partial charge in [0.05, 0.1) is 25.6 Å². The molecule has 1 aliphatic heterocycles. The molecule has 0 amide bonds. The van der Waals surface area contributed by atoms with Gasteiger partial charge in [-0.05, 0) is 87.2 Å². The highest BCUT2D eigenvalue weighted by Gasteiger charge is 2.31. The molecule has 6 rings (SSSR count). The van der Waals surface area contributed by atoms with Crippen molar-refractivity contribution in [1.29, 1.82) is 0 Å². The Kier molecular flexibility index (Phi) is 9.37. The van der Waals surface area contributed by atoms with Crippen LogP contribution in [-0.2, 0) is 12.2 Å². The maximum atomic E-state index is 15.2. The van der Waals surface area contributed by atoms with Gasteiger partial charge in [-0.1, -0.05) is 17.8 Å². The van der Waals surface area contributed by atoms with Gasteiger partial charge in [-0.15, -0.1) is 0 Å². The Morgan fingerprint density at radius 2 is 1.61 bits per heavy atom. The van der Waals surface area contributed by atoms with Crippen LogP contribution in [0.3, 0.4) is 0 Å². The Morgan fingerprint density at radius 3 is 2.32 bits per heavy atom. The van der Waals surface area contributed by atoms with Crippen LogP contribution in [0.15, 0.2) is 59.8 Å². The molecular formula is C34H36F3N3O3S. The second-order valence-corrected chi connectivity index (χ2v) is 12.1. The fraction of sp³-hybridized carbons (Fsp3) is 0.382. The van der Waals surface area contributed by atoms with E-state index in [1.807, 2.05) is 22.8 Å². The molecule has 1 fully saturated rings. The van der Waals surface area contributed by atoms with E-state index in [0.717, 1.165) is 61.5 Å². The number of fused-ring (bicyclic) bond motifs is 1. The van der Waals surface area contributed by atoms with Gasteiger partial charge in [0.25, 0.3) is 0 Å². The minimum Gasteiger partial charge on any atom is -0.493 e. The summed E-state index contributed by atoms with van der Waals surface area (Å²) in [6.45, 7) is 3.19. The average Bonchev–Trinajstić information content (AvgIpc) is 3.68. The van der Waals surface area contributed by atoms with Gasteiger partial charge in [-0.25, -0.2) is 18.2 Å². The third-order valence-electron chi connectivity index (χ3n) is 8.42. The lowest BCUT2D eigenvalue weighted by Crippen LogP contribution is -2.25. The minimum atomic E-state index is -0.651. The van der Waals surface area contributed by atoms with E-state index in [1.165, 1.54) is 48.9 Å². The second-order valence-electron chi connectivity index (χ2n) is 11.1. The van der Waals surface area contributed by atoms with Crippen molar-refractivity contribution in [2.45, 2.75) is 48.9 Å². The smallest absolute Gasteiger partial charge is 0.173 e. The van der Waals surface area contributed by atoms with Crippen molar-refractivity contribution < 1.29 is 27.4 Å². The number of hydrogen-bond acceptors (Lipinski definition) is 6. The largest absolute Gasteiger partial charge is 0.493 e. The van der Waals surface area contributed by atoms with E-state index in [1.54, 1.807) is 26.4 Å². The van der Waals surface area contributed by atoms with E-state index in [9.17, 15) is 4.39 Å². The molecule has 0 spiro atoms. The van der Waals surface area contributed by atoms with Gasteiger partial charge in [-0.3, -0.25) is 9.47 Å². The van der Waals surface area contributed by atoms with Gasteiger partial charge < -0.3 is 14.2 Å². The van der Waals surface area contributed by atoms with Gasteiger partial charge in [0.15, 0.2) is 16.7 Å². The Hall–Kier alpha value is -3.63. The first kappa shape index (κ1) is 30.4. The first-order valence-electron chi connectivity index (χ1n) is 15.0. The molecule has 1 aliphatic carbocycles. The third-order valence-corrected chi connectivity index (χ3v) is 9.39. The minimum absolute atomic E-state index is 0.0177. The van der Waals surface area contributed by atoms with Crippen LogP contribution >= 0.6 is 11.8 Å². The molecule has 0 radical (unpaired) electrons. The quantitative estimate of drug-likeness (QED) is 0.161. The Labute approximate surface area is 260 Å². The molecule has 2 aliphatic rings. The van der Waals surface area contributed by atoms with E-state index in [0.29, 0.717) is 23.3 Å². The summed E-state index contributed by atoms with van der Waals surface area (Å²) in [4.78, 5) is 7.26. The zero-order chi connectivity index (χ0) is 30.6. The lowest BCUT2D eigenvalue weighted by molar-refractivity contribution is 0.236. The third kappa shape index (κ3) is 6.42. The second kappa shape index (κ2) is 13.6. The van der Waals surface area contributed by atoms with Crippen molar-refractivity contribution in [3.05, 3.63) is 94.6 Å². The Bertz CT molecular complexity index is 1580. The number of likely N-dealkylation sites (tertiary alicyclic amines) is 1. The summed E-state index contributed by atoms with van der Waals surface area (Å²) in [5.41, 5.74) is 3.65. The number of imidazole rings is 1. The summed E-state index contributed by atoms with van der Waals surface area (Å²) in [5, 5.41) is 0.596. The molecule has 1 unspecified atom stereocenters. The number of hydrogen-bond donors (Lipinski definition) is 0. The molecule has 0 bridgehead atoms. The molecule has 44 heavy (non-hydrogen) atoms. The summed E-state index contributed by atoms with van der Waals surface area (Å²) >= 11 is 1.26. The van der Waals surface area contributed by atoms with E-state index in [4.69, 9.17) is 19.2 Å². The van der Waals surface area contributed by atoms with Crippen molar-refractivity contribution in [3.63, 3.8) is 0 Å². The van der Waals surface area contributed by atoms with Crippen LogP contribution in [-0.4, -0.2) is 54.9 Å². The van der Waals surface area contributed by atoms with Gasteiger partial charge in [0.1, 0.15) is 29.8 Å². The zero-order valence-electron chi connectivity index (χ0n) is 25.0. The number of methoxy groups -OCH3 is 2. The predicted molar refractivity (Wildman–Crippen MR) is 165 cm³/mol. The van der Waals surface area contributed by atoms with Crippen molar-refractivity contribution in [2.75, 3.05) is 40.5 Å². The van der Waals surface area contributed by atoms with Crippen LogP contribution < -0.4 is 14.2 Å². The standard InChI is InChI=1S/C34H36F3N3O3S/c1-41-31-13-8-22(18-32(31)42-2)26-6-5-7-30-33(26)40(24-11-9-23(35)10-12-24)34(38-30)44-21-27-28(36)19-25(20-29(27)37)43-17-16-39-14-3-4-15-39/h8-13,18-20,26H,3-7,14-17,21H2,1-2H3. The summed E-state index contributed by atoms with van der Waals surface area (Å²) < 4.78 is 63.1. The number of nitrogens with zero attached hydrogens (tertiary/aromatic N) is 3. The molecule has 2 heterocycles. The highest BCUT2D eigenvalue weighted by atomic mass is 32.2. The average molecular weight is 624 g/mol. The molecule has 1 saturated heterocycles. The summed E-state index contributed by atoms with van der Waals surface area (Å²) in [6.07, 6.45) is 4.93. The Morgan fingerprint density at radius 1 is 0.886 bits per heavy atom. The van der Waals surface area contributed by atoms with E-state index in [-0.39, 0.29) is 28.8 Å². The van der Waals surface area contributed by atoms with Crippen LogP contribution in [0.25, 0.3) is 5.69 Å². The van der Waals surface area contributed by atoms with Crippen LogP contribution in [0, 0.1) is 17.5 Å². The lowest BCUT2D eigenvalue weighted by atomic mass is 9.84. The SMILES string of the molecule is COc1ccc(C2CCCc3nc(SCc4c(F)cc(OCCN5CCCC5)cc4F)n(-c4ccc(F)cc4)c32)cc1OC. The topological polar surface area (TPSA) is 48.8 Å². The van der Waals surface area contributed by atoms with Gasteiger partial charge in [0.2, 0.25) is 0 Å². The summed E-state index contributed by atoms with van der Waals surface area (Å²) in [7, 11) is 3.21. The summed E-state index contributed by atoms with van der Waals surface area (Å²) in [5.74, 6) is -0.172. The molecule has 4 aromatic rings. The molecule has 3 aromatic carbocycles. The fourth-order valence-electron chi connectivity index (χ4n) is 6.17. The van der Waals surface area contributed by atoms with E-state index in [2.05, 4.69) is 4.90 Å². The molecule has 1 atom stereocenters. The molecule has 1 aromatic heterocycles. The van der Waals surface area contributed by atoms with Gasteiger partial charge in [-0.2, -0.15) is 0 Å². The number of halogens is 3. The van der Waals surface area contributed by atoms with E-state index < -0.39 is 11.6 Å². The van der Waals surface area contributed by atoms with Crippen LogP contribution in [0.5, 0.6) is 17.2 Å². The van der Waals surface area contributed by atoms with E-state index >= 15 is 8.78 Å². The fourth-order valence-corrected chi connectivity index (χ4v) is 7.23. The van der Waals surface area contributed by atoms with Crippen molar-refractivity contribution in [1.82, 2.24) is 14.5 Å². The first-order valence-corrected chi connectivity index (χ1v) is 16.0. The van der Waals surface area contributed by atoms with Crippen LogP contribution in [0.1, 0.15) is 54.1 Å². The number of rotatable bonds is 11. The van der Waals surface area contributed by atoms with Gasteiger partial charge >= 0.3 is 0 Å². The zero-order valence-corrected chi connectivity index (χ0v) is 25.8. The number of aryl methyl sites for hydroxylation is 1. The van der Waals surface area contributed by atoms with Crippen molar-refractivity contribution >= 4 is 11.8 Å². The molecule has 0 N–H and O–H groups in total. The monoisotopic (exact) mass is 623 g/mol. The normalized spacial score (nSPS) is 16.6.